The zero-order valence-electron chi connectivity index (χ0n) is 8.70. The van der Waals surface area contributed by atoms with Crippen LogP contribution in [0.15, 0.2) is 15.9 Å². The van der Waals surface area contributed by atoms with Crippen LogP contribution in [0.5, 0.6) is 0 Å². The van der Waals surface area contributed by atoms with Crippen LogP contribution >= 0.6 is 27.3 Å². The van der Waals surface area contributed by atoms with Crippen molar-refractivity contribution in [1.29, 1.82) is 0 Å². The molecule has 0 spiro atoms. The predicted molar refractivity (Wildman–Crippen MR) is 66.0 cm³/mol. The van der Waals surface area contributed by atoms with Crippen molar-refractivity contribution in [2.75, 3.05) is 26.3 Å². The highest BCUT2D eigenvalue weighted by Crippen LogP contribution is 2.27. The molecule has 1 aliphatic rings. The van der Waals surface area contributed by atoms with Gasteiger partial charge in [0.1, 0.15) is 0 Å². The van der Waals surface area contributed by atoms with Gasteiger partial charge in [0.2, 0.25) is 0 Å². The SMILES string of the molecule is CC(NN1CCOCC1)c1ccc(Br)s1. The summed E-state index contributed by atoms with van der Waals surface area (Å²) in [6.45, 7) is 5.78. The van der Waals surface area contributed by atoms with Gasteiger partial charge in [-0.25, -0.2) is 10.4 Å². The fourth-order valence-corrected chi connectivity index (χ4v) is 3.01. The van der Waals surface area contributed by atoms with E-state index in [2.05, 4.69) is 45.4 Å². The Labute approximate surface area is 103 Å². The van der Waals surface area contributed by atoms with Crippen molar-refractivity contribution >= 4 is 27.3 Å². The number of hydrogen-bond acceptors (Lipinski definition) is 4. The molecule has 15 heavy (non-hydrogen) atoms. The summed E-state index contributed by atoms with van der Waals surface area (Å²) in [6.07, 6.45) is 0. The Morgan fingerprint density at radius 1 is 1.47 bits per heavy atom. The lowest BCUT2D eigenvalue weighted by Gasteiger charge is -2.29. The van der Waals surface area contributed by atoms with Crippen LogP contribution in [-0.2, 0) is 4.74 Å². The van der Waals surface area contributed by atoms with E-state index in [0.29, 0.717) is 6.04 Å². The van der Waals surface area contributed by atoms with Crippen molar-refractivity contribution in [3.63, 3.8) is 0 Å². The second-order valence-electron chi connectivity index (χ2n) is 3.59. The van der Waals surface area contributed by atoms with Crippen molar-refractivity contribution in [3.8, 4) is 0 Å². The normalized spacial score (nSPS) is 20.4. The molecule has 1 aliphatic heterocycles. The zero-order valence-corrected chi connectivity index (χ0v) is 11.1. The summed E-state index contributed by atoms with van der Waals surface area (Å²) in [5.74, 6) is 0. The monoisotopic (exact) mass is 290 g/mol. The molecule has 1 unspecified atom stereocenters. The van der Waals surface area contributed by atoms with E-state index in [-0.39, 0.29) is 0 Å². The van der Waals surface area contributed by atoms with Gasteiger partial charge in [0, 0.05) is 18.0 Å². The minimum atomic E-state index is 0.374. The Bertz CT molecular complexity index is 312. The third kappa shape index (κ3) is 3.26. The highest BCUT2D eigenvalue weighted by atomic mass is 79.9. The third-order valence-electron chi connectivity index (χ3n) is 2.41. The first-order valence-electron chi connectivity index (χ1n) is 5.10. The van der Waals surface area contributed by atoms with Gasteiger partial charge in [-0.2, -0.15) is 0 Å². The first-order chi connectivity index (χ1) is 7.25. The van der Waals surface area contributed by atoms with Crippen molar-refractivity contribution < 1.29 is 4.74 Å². The molecule has 1 aromatic rings. The van der Waals surface area contributed by atoms with Crippen molar-refractivity contribution in [2.45, 2.75) is 13.0 Å². The summed E-state index contributed by atoms with van der Waals surface area (Å²) >= 11 is 5.26. The highest BCUT2D eigenvalue weighted by Gasteiger charge is 2.14. The lowest BCUT2D eigenvalue weighted by molar-refractivity contribution is 0.00511. The molecule has 5 heteroatoms. The maximum atomic E-state index is 5.30. The van der Waals surface area contributed by atoms with E-state index in [1.54, 1.807) is 11.3 Å². The number of hydrogen-bond donors (Lipinski definition) is 1. The molecule has 1 aromatic heterocycles. The molecule has 2 heterocycles. The van der Waals surface area contributed by atoms with Gasteiger partial charge in [-0.05, 0) is 35.0 Å². The summed E-state index contributed by atoms with van der Waals surface area (Å²) in [5, 5.41) is 2.24. The number of nitrogens with zero attached hydrogens (tertiary/aromatic N) is 1. The Kier molecular flexibility index (Phi) is 4.16. The van der Waals surface area contributed by atoms with E-state index in [0.717, 1.165) is 26.3 Å². The standard InChI is InChI=1S/C10H15BrN2OS/c1-8(9-2-3-10(11)15-9)12-13-4-6-14-7-5-13/h2-3,8,12H,4-7H2,1H3. The number of ether oxygens (including phenoxy) is 1. The fraction of sp³-hybridized carbons (Fsp3) is 0.600. The summed E-state index contributed by atoms with van der Waals surface area (Å²) in [4.78, 5) is 1.35. The molecule has 1 atom stereocenters. The topological polar surface area (TPSA) is 24.5 Å². The van der Waals surface area contributed by atoms with Crippen molar-refractivity contribution in [2.24, 2.45) is 0 Å². The largest absolute Gasteiger partial charge is 0.379 e. The fourth-order valence-electron chi connectivity index (χ4n) is 1.59. The van der Waals surface area contributed by atoms with Crippen LogP contribution in [0.4, 0.5) is 0 Å². The van der Waals surface area contributed by atoms with Gasteiger partial charge in [-0.15, -0.1) is 11.3 Å². The average molecular weight is 291 g/mol. The highest BCUT2D eigenvalue weighted by molar-refractivity contribution is 9.11. The summed E-state index contributed by atoms with van der Waals surface area (Å²) in [6, 6.07) is 4.63. The molecule has 1 saturated heterocycles. The van der Waals surface area contributed by atoms with Crippen molar-refractivity contribution in [1.82, 2.24) is 10.4 Å². The van der Waals surface area contributed by atoms with Gasteiger partial charge >= 0.3 is 0 Å². The average Bonchev–Trinajstić information content (AvgIpc) is 2.66. The molecule has 3 nitrogen and oxygen atoms in total. The van der Waals surface area contributed by atoms with E-state index in [1.807, 2.05) is 0 Å². The molecule has 0 radical (unpaired) electrons. The maximum absolute atomic E-state index is 5.30. The van der Waals surface area contributed by atoms with Gasteiger partial charge < -0.3 is 4.74 Å². The van der Waals surface area contributed by atoms with Gasteiger partial charge in [0.25, 0.3) is 0 Å². The van der Waals surface area contributed by atoms with Crippen LogP contribution in [0.2, 0.25) is 0 Å². The van der Waals surface area contributed by atoms with Crippen LogP contribution in [0, 0.1) is 0 Å². The molecule has 0 aromatic carbocycles. The van der Waals surface area contributed by atoms with Crippen LogP contribution in [0.3, 0.4) is 0 Å². The molecule has 0 bridgehead atoms. The van der Waals surface area contributed by atoms with E-state index in [9.17, 15) is 0 Å². The minimum Gasteiger partial charge on any atom is -0.379 e. The first-order valence-corrected chi connectivity index (χ1v) is 6.71. The predicted octanol–water partition coefficient (Wildman–Crippen LogP) is 2.41. The van der Waals surface area contributed by atoms with Crippen LogP contribution in [0.1, 0.15) is 17.8 Å². The van der Waals surface area contributed by atoms with E-state index in [4.69, 9.17) is 4.74 Å². The Balaban J connectivity index is 1.88. The van der Waals surface area contributed by atoms with E-state index >= 15 is 0 Å². The minimum absolute atomic E-state index is 0.374. The zero-order chi connectivity index (χ0) is 10.7. The van der Waals surface area contributed by atoms with Crippen LogP contribution in [0.25, 0.3) is 0 Å². The maximum Gasteiger partial charge on any atom is 0.0701 e. The number of nitrogens with one attached hydrogen (secondary N) is 1. The molecule has 1 N–H and O–H groups in total. The molecular formula is C10H15BrN2OS. The Morgan fingerprint density at radius 3 is 2.80 bits per heavy atom. The third-order valence-corrected chi connectivity index (χ3v) is 4.21. The lowest BCUT2D eigenvalue weighted by atomic mass is 10.3. The number of morpholine rings is 1. The first kappa shape index (κ1) is 11.5. The summed E-state index contributed by atoms with van der Waals surface area (Å²) in [7, 11) is 0. The number of hydrazine groups is 1. The van der Waals surface area contributed by atoms with Crippen LogP contribution in [-0.4, -0.2) is 31.3 Å². The lowest BCUT2D eigenvalue weighted by Crippen LogP contribution is -2.46. The summed E-state index contributed by atoms with van der Waals surface area (Å²) < 4.78 is 6.49. The molecule has 0 amide bonds. The van der Waals surface area contributed by atoms with Gasteiger partial charge in [-0.1, -0.05) is 0 Å². The second-order valence-corrected chi connectivity index (χ2v) is 6.09. The second kappa shape index (κ2) is 5.41. The molecule has 84 valence electrons. The van der Waals surface area contributed by atoms with Gasteiger partial charge in [0.05, 0.1) is 23.0 Å². The quantitative estimate of drug-likeness (QED) is 0.925. The van der Waals surface area contributed by atoms with Crippen molar-refractivity contribution in [3.05, 3.63) is 20.8 Å². The molecule has 0 saturated carbocycles. The number of halogens is 1. The number of rotatable bonds is 3. The molecule has 2 rings (SSSR count). The molecule has 1 fully saturated rings. The van der Waals surface area contributed by atoms with Gasteiger partial charge in [0.15, 0.2) is 0 Å². The Morgan fingerprint density at radius 2 is 2.20 bits per heavy atom. The van der Waals surface area contributed by atoms with E-state index < -0.39 is 0 Å². The number of thiophene rings is 1. The van der Waals surface area contributed by atoms with Crippen LogP contribution < -0.4 is 5.43 Å². The van der Waals surface area contributed by atoms with E-state index in [1.165, 1.54) is 8.66 Å². The smallest absolute Gasteiger partial charge is 0.0701 e. The summed E-state index contributed by atoms with van der Waals surface area (Å²) in [5.41, 5.74) is 3.49. The Hall–Kier alpha value is 0.0600. The molecular weight excluding hydrogens is 276 g/mol. The molecule has 0 aliphatic carbocycles. The van der Waals surface area contributed by atoms with Gasteiger partial charge in [-0.3, -0.25) is 0 Å².